The fraction of sp³-hybridized carbons (Fsp3) is 0.125. The van der Waals surface area contributed by atoms with E-state index in [0.717, 1.165) is 0 Å². The normalized spacial score (nSPS) is 7.79. The second kappa shape index (κ2) is 7.91. The molecule has 0 amide bonds. The van der Waals surface area contributed by atoms with E-state index in [1.165, 1.54) is 6.08 Å². The second-order valence-electron chi connectivity index (χ2n) is 1.99. The van der Waals surface area contributed by atoms with Crippen LogP contribution in [0, 0.1) is 10.1 Å². The van der Waals surface area contributed by atoms with E-state index in [1.54, 1.807) is 12.1 Å². The minimum absolute atomic E-state index is 0.500. The minimum atomic E-state index is -0.610. The van der Waals surface area contributed by atoms with Gasteiger partial charge in [0.1, 0.15) is 0 Å². The lowest BCUT2D eigenvalue weighted by Crippen LogP contribution is -1.89. The molecule has 0 aliphatic rings. The summed E-state index contributed by atoms with van der Waals surface area (Å²) < 4.78 is 0. The molecule has 1 rings (SSSR count). The van der Waals surface area contributed by atoms with Crippen LogP contribution >= 0.6 is 11.6 Å². The lowest BCUT2D eigenvalue weighted by molar-refractivity contribution is -0.459. The molecule has 0 heterocycles. The number of nitrogens with zero attached hydrogens (tertiary/aromatic N) is 2. The number of hydrogen-bond donors (Lipinski definition) is 0. The van der Waals surface area contributed by atoms with Crippen molar-refractivity contribution in [3.05, 3.63) is 40.4 Å². The number of para-hydroxylation sites is 1. The number of benzene rings is 1. The van der Waals surface area contributed by atoms with Crippen molar-refractivity contribution in [1.82, 2.24) is 0 Å². The van der Waals surface area contributed by atoms with Gasteiger partial charge in [-0.15, -0.1) is 0 Å². The fourth-order valence-corrected chi connectivity index (χ4v) is 0.555. The average molecular weight is 215 g/mol. The molecule has 0 unspecified atom stereocenters. The smallest absolute Gasteiger partial charge is 0.263 e. The van der Waals surface area contributed by atoms with Gasteiger partial charge < -0.3 is 0 Å². The molecule has 0 fully saturated rings. The minimum Gasteiger partial charge on any atom is -0.263 e. The summed E-state index contributed by atoms with van der Waals surface area (Å²) in [5, 5.41) is 9.04. The Bertz CT molecular complexity index is 323. The Balaban J connectivity index is 0.000000292. The first-order valence-corrected chi connectivity index (χ1v) is 4.05. The number of hydrogen-bond acceptors (Lipinski definition) is 4. The Morgan fingerprint density at radius 1 is 1.43 bits per heavy atom. The average Bonchev–Trinajstić information content (AvgIpc) is 2.21. The first kappa shape index (κ1) is 12.3. The monoisotopic (exact) mass is 214 g/mol. The summed E-state index contributed by atoms with van der Waals surface area (Å²) in [4.78, 5) is 21.5. The van der Waals surface area contributed by atoms with Crippen LogP contribution in [0.2, 0.25) is 0 Å². The summed E-state index contributed by atoms with van der Waals surface area (Å²) in [6, 6.07) is 8.48. The van der Waals surface area contributed by atoms with Crippen molar-refractivity contribution in [3.63, 3.8) is 0 Å². The second-order valence-corrected chi connectivity index (χ2v) is 2.23. The predicted molar refractivity (Wildman–Crippen MR) is 51.9 cm³/mol. The molecule has 0 spiro atoms. The highest BCUT2D eigenvalue weighted by Crippen LogP contribution is 2.06. The van der Waals surface area contributed by atoms with Crippen molar-refractivity contribution >= 4 is 23.4 Å². The zero-order valence-electron chi connectivity index (χ0n) is 7.09. The Kier molecular flexibility index (Phi) is 6.95. The van der Waals surface area contributed by atoms with E-state index in [2.05, 4.69) is 16.6 Å². The largest absolute Gasteiger partial charge is 0.276 e. The maximum Gasteiger partial charge on any atom is 0.276 e. The van der Waals surface area contributed by atoms with E-state index < -0.39 is 10.9 Å². The topological polar surface area (TPSA) is 72.6 Å². The van der Waals surface area contributed by atoms with Crippen LogP contribution in [0.25, 0.3) is 0 Å². The van der Waals surface area contributed by atoms with E-state index in [4.69, 9.17) is 10.1 Å². The van der Waals surface area contributed by atoms with Gasteiger partial charge in [-0.3, -0.25) is 10.1 Å². The van der Waals surface area contributed by atoms with Gasteiger partial charge in [-0.05, 0) is 23.7 Å². The van der Waals surface area contributed by atoms with Crippen LogP contribution in [0.1, 0.15) is 0 Å². The van der Waals surface area contributed by atoms with Crippen molar-refractivity contribution in [2.24, 2.45) is 4.99 Å². The molecule has 0 N–H and O–H groups in total. The quantitative estimate of drug-likeness (QED) is 0.189. The Hall–Kier alpha value is -1.71. The maximum atomic E-state index is 9.68. The van der Waals surface area contributed by atoms with Crippen LogP contribution in [0.3, 0.4) is 0 Å². The molecule has 1 aromatic rings. The molecule has 0 bridgehead atoms. The van der Waals surface area contributed by atoms with E-state index in [9.17, 15) is 4.79 Å². The van der Waals surface area contributed by atoms with Crippen molar-refractivity contribution in [1.29, 1.82) is 0 Å². The fourth-order valence-electron chi connectivity index (χ4n) is 0.555. The van der Waals surface area contributed by atoms with Gasteiger partial charge in [0.05, 0.1) is 5.69 Å². The molecule has 74 valence electrons. The van der Waals surface area contributed by atoms with Crippen LogP contribution in [0.5, 0.6) is 0 Å². The predicted octanol–water partition coefficient (Wildman–Crippen LogP) is 2.11. The van der Waals surface area contributed by atoms with Gasteiger partial charge in [0, 0.05) is 4.92 Å². The Morgan fingerprint density at radius 3 is 2.29 bits per heavy atom. The van der Waals surface area contributed by atoms with Gasteiger partial charge in [0.15, 0.2) is 0 Å². The van der Waals surface area contributed by atoms with Crippen molar-refractivity contribution in [3.8, 4) is 0 Å². The molecule has 0 radical (unpaired) electrons. The van der Waals surface area contributed by atoms with Crippen LogP contribution < -0.4 is 0 Å². The number of rotatable bonds is 2. The van der Waals surface area contributed by atoms with Gasteiger partial charge in [-0.25, -0.2) is 4.79 Å². The van der Waals surface area contributed by atoms with Crippen LogP contribution in [-0.2, 0) is 4.79 Å². The number of aliphatic imine (C=N–C) groups is 1. The molecular weight excluding hydrogens is 208 g/mol. The summed E-state index contributed by atoms with van der Waals surface area (Å²) in [6.07, 6.45) is 1.46. The number of isocyanates is 1. The van der Waals surface area contributed by atoms with E-state index in [1.807, 2.05) is 18.2 Å². The van der Waals surface area contributed by atoms with Crippen molar-refractivity contribution in [2.45, 2.75) is 0 Å². The van der Waals surface area contributed by atoms with Gasteiger partial charge in [0.2, 0.25) is 6.08 Å². The zero-order chi connectivity index (χ0) is 10.8. The van der Waals surface area contributed by atoms with E-state index >= 15 is 0 Å². The highest BCUT2D eigenvalue weighted by Gasteiger charge is 1.80. The van der Waals surface area contributed by atoms with Crippen LogP contribution in [0.4, 0.5) is 5.69 Å². The molecule has 0 atom stereocenters. The maximum absolute atomic E-state index is 9.68. The van der Waals surface area contributed by atoms with E-state index in [0.29, 0.717) is 5.69 Å². The van der Waals surface area contributed by atoms with Crippen LogP contribution in [0.15, 0.2) is 35.3 Å². The third kappa shape index (κ3) is 6.97. The zero-order valence-corrected chi connectivity index (χ0v) is 7.85. The third-order valence-corrected chi connectivity index (χ3v) is 1.22. The Labute approximate surface area is 85.2 Å². The van der Waals surface area contributed by atoms with Gasteiger partial charge in [-0.2, -0.15) is 4.99 Å². The summed E-state index contributed by atoms with van der Waals surface area (Å²) in [5.41, 5.74) is 0.646. The molecule has 0 aliphatic heterocycles. The first-order valence-electron chi connectivity index (χ1n) is 3.51. The molecule has 6 heteroatoms. The highest BCUT2D eigenvalue weighted by atomic mass is 35.5. The third-order valence-electron chi connectivity index (χ3n) is 1.03. The van der Waals surface area contributed by atoms with Crippen molar-refractivity contribution in [2.75, 3.05) is 6.00 Å². The first-order chi connectivity index (χ1) is 6.70. The number of alkyl halides is 1. The van der Waals surface area contributed by atoms with E-state index in [-0.39, 0.29) is 0 Å². The summed E-state index contributed by atoms with van der Waals surface area (Å²) in [6.45, 7) is 0. The molecule has 0 aliphatic carbocycles. The van der Waals surface area contributed by atoms with Gasteiger partial charge in [0.25, 0.3) is 6.00 Å². The molecule has 14 heavy (non-hydrogen) atoms. The number of nitro groups is 1. The van der Waals surface area contributed by atoms with Crippen LogP contribution in [-0.4, -0.2) is 17.0 Å². The number of carbonyl (C=O) groups excluding carboxylic acids is 1. The number of halogens is 1. The molecule has 1 aromatic carbocycles. The van der Waals surface area contributed by atoms with Gasteiger partial charge in [-0.1, -0.05) is 18.2 Å². The lowest BCUT2D eigenvalue weighted by Gasteiger charge is -1.83. The Morgan fingerprint density at radius 2 is 1.93 bits per heavy atom. The molecule has 5 nitrogen and oxygen atoms in total. The summed E-state index contributed by atoms with van der Waals surface area (Å²) in [7, 11) is 0. The molecule has 0 aromatic heterocycles. The lowest BCUT2D eigenvalue weighted by atomic mass is 10.3. The molecule has 0 saturated heterocycles. The summed E-state index contributed by atoms with van der Waals surface area (Å²) >= 11 is 4.64. The van der Waals surface area contributed by atoms with Gasteiger partial charge >= 0.3 is 0 Å². The van der Waals surface area contributed by atoms with Crippen molar-refractivity contribution < 1.29 is 9.72 Å². The standard InChI is InChI=1S/C7H5NO.CH2ClNO2/c9-6-8-7-4-2-1-3-5-7;2-1-3(4)5/h1-5H;1H2. The summed E-state index contributed by atoms with van der Waals surface area (Å²) in [5.74, 6) is 0. The molecular formula is C8H7ClN2O3. The molecule has 0 saturated carbocycles. The highest BCUT2D eigenvalue weighted by molar-refractivity contribution is 6.16. The SMILES string of the molecule is O=C=Nc1ccccc1.O=[N+]([O-])CCl.